The number of aromatic nitrogens is 2. The van der Waals surface area contributed by atoms with Crippen LogP contribution < -0.4 is 10.1 Å². The highest BCUT2D eigenvalue weighted by atomic mass is 16.5. The van der Waals surface area contributed by atoms with Crippen LogP contribution >= 0.6 is 0 Å². The molecule has 1 amide bonds. The number of aryl methyl sites for hydroxylation is 3. The number of nitrogens with zero attached hydrogens (tertiary/aromatic N) is 2. The SMILES string of the molecule is CCc1nc2c(nc1NC(=O)Cc1ccccc1)CCc1cc(OC)ccc1-2. The second-order valence-corrected chi connectivity index (χ2v) is 6.90. The summed E-state index contributed by atoms with van der Waals surface area (Å²) in [6, 6.07) is 15.8. The van der Waals surface area contributed by atoms with Crippen LogP contribution in [0.3, 0.4) is 0 Å². The van der Waals surface area contributed by atoms with Gasteiger partial charge in [-0.05, 0) is 48.6 Å². The van der Waals surface area contributed by atoms with Crippen LogP contribution in [0.25, 0.3) is 11.3 Å². The van der Waals surface area contributed by atoms with E-state index in [4.69, 9.17) is 14.7 Å². The Balaban J connectivity index is 1.63. The van der Waals surface area contributed by atoms with Crippen LogP contribution in [0.2, 0.25) is 0 Å². The number of fused-ring (bicyclic) bond motifs is 3. The van der Waals surface area contributed by atoms with Crippen LogP contribution in [0.1, 0.15) is 29.4 Å². The monoisotopic (exact) mass is 373 g/mol. The summed E-state index contributed by atoms with van der Waals surface area (Å²) in [6.45, 7) is 2.03. The van der Waals surface area contributed by atoms with Gasteiger partial charge in [-0.25, -0.2) is 9.97 Å². The first kappa shape index (κ1) is 18.2. The maximum Gasteiger partial charge on any atom is 0.229 e. The maximum absolute atomic E-state index is 12.5. The van der Waals surface area contributed by atoms with Crippen molar-refractivity contribution >= 4 is 11.7 Å². The van der Waals surface area contributed by atoms with E-state index in [1.165, 1.54) is 5.56 Å². The Labute approximate surface area is 164 Å². The van der Waals surface area contributed by atoms with Crippen LogP contribution in [0, 0.1) is 0 Å². The van der Waals surface area contributed by atoms with Gasteiger partial charge in [-0.2, -0.15) is 0 Å². The van der Waals surface area contributed by atoms with Gasteiger partial charge in [-0.1, -0.05) is 37.3 Å². The molecule has 1 aliphatic carbocycles. The van der Waals surface area contributed by atoms with Crippen LogP contribution in [-0.2, 0) is 30.5 Å². The van der Waals surface area contributed by atoms with E-state index in [1.54, 1.807) is 7.11 Å². The average Bonchev–Trinajstić information content (AvgIpc) is 2.73. The Morgan fingerprint density at radius 2 is 1.93 bits per heavy atom. The molecule has 0 saturated heterocycles. The number of rotatable bonds is 5. The third kappa shape index (κ3) is 3.60. The number of nitrogens with one attached hydrogen (secondary N) is 1. The molecule has 1 aromatic heterocycles. The van der Waals surface area contributed by atoms with Crippen molar-refractivity contribution in [3.8, 4) is 17.0 Å². The van der Waals surface area contributed by atoms with Crippen LogP contribution in [0.4, 0.5) is 5.82 Å². The molecule has 1 aliphatic rings. The van der Waals surface area contributed by atoms with E-state index in [0.717, 1.165) is 46.8 Å². The number of anilines is 1. The molecule has 5 heteroatoms. The Hall–Kier alpha value is -3.21. The summed E-state index contributed by atoms with van der Waals surface area (Å²) < 4.78 is 5.34. The smallest absolute Gasteiger partial charge is 0.229 e. The van der Waals surface area contributed by atoms with Gasteiger partial charge in [0.1, 0.15) is 5.75 Å². The van der Waals surface area contributed by atoms with E-state index in [0.29, 0.717) is 18.7 Å². The summed E-state index contributed by atoms with van der Waals surface area (Å²) >= 11 is 0. The highest BCUT2D eigenvalue weighted by Crippen LogP contribution is 2.34. The first-order valence-corrected chi connectivity index (χ1v) is 9.58. The number of amides is 1. The van der Waals surface area contributed by atoms with Crippen molar-refractivity contribution in [3.63, 3.8) is 0 Å². The molecule has 4 rings (SSSR count). The van der Waals surface area contributed by atoms with Crippen molar-refractivity contribution in [1.82, 2.24) is 9.97 Å². The first-order valence-electron chi connectivity index (χ1n) is 9.58. The van der Waals surface area contributed by atoms with Crippen molar-refractivity contribution in [2.75, 3.05) is 12.4 Å². The van der Waals surface area contributed by atoms with Crippen molar-refractivity contribution in [1.29, 1.82) is 0 Å². The molecule has 0 atom stereocenters. The molecule has 28 heavy (non-hydrogen) atoms. The Morgan fingerprint density at radius 3 is 2.68 bits per heavy atom. The van der Waals surface area contributed by atoms with E-state index in [9.17, 15) is 4.79 Å². The molecule has 0 unspecified atom stereocenters. The quantitative estimate of drug-likeness (QED) is 0.734. The largest absolute Gasteiger partial charge is 0.497 e. The lowest BCUT2D eigenvalue weighted by Gasteiger charge is -2.21. The number of benzene rings is 2. The normalized spacial score (nSPS) is 12.1. The fourth-order valence-corrected chi connectivity index (χ4v) is 3.59. The molecule has 0 spiro atoms. The van der Waals surface area contributed by atoms with Crippen molar-refractivity contribution in [2.45, 2.75) is 32.6 Å². The second-order valence-electron chi connectivity index (χ2n) is 6.90. The summed E-state index contributed by atoms with van der Waals surface area (Å²) in [7, 11) is 1.68. The molecule has 0 aliphatic heterocycles. The number of hydrogen-bond acceptors (Lipinski definition) is 4. The lowest BCUT2D eigenvalue weighted by Crippen LogP contribution is -2.19. The average molecular weight is 373 g/mol. The van der Waals surface area contributed by atoms with Gasteiger partial charge in [-0.15, -0.1) is 0 Å². The highest BCUT2D eigenvalue weighted by molar-refractivity contribution is 5.92. The molecule has 0 radical (unpaired) electrons. The van der Waals surface area contributed by atoms with Crippen molar-refractivity contribution in [3.05, 3.63) is 71.0 Å². The Morgan fingerprint density at radius 1 is 1.11 bits per heavy atom. The van der Waals surface area contributed by atoms with E-state index in [2.05, 4.69) is 11.4 Å². The van der Waals surface area contributed by atoms with Gasteiger partial charge < -0.3 is 10.1 Å². The van der Waals surface area contributed by atoms with Gasteiger partial charge in [0.05, 0.1) is 30.6 Å². The summed E-state index contributed by atoms with van der Waals surface area (Å²) in [6.07, 6.45) is 2.71. The fourth-order valence-electron chi connectivity index (χ4n) is 3.59. The minimum atomic E-state index is -0.0731. The third-order valence-electron chi connectivity index (χ3n) is 5.04. The second kappa shape index (κ2) is 7.80. The minimum absolute atomic E-state index is 0.0731. The predicted molar refractivity (Wildman–Crippen MR) is 110 cm³/mol. The molecule has 142 valence electrons. The highest BCUT2D eigenvalue weighted by Gasteiger charge is 2.22. The van der Waals surface area contributed by atoms with E-state index in [1.807, 2.05) is 49.4 Å². The van der Waals surface area contributed by atoms with Gasteiger partial charge in [0, 0.05) is 5.56 Å². The lowest BCUT2D eigenvalue weighted by atomic mass is 9.91. The Kier molecular flexibility index (Phi) is 5.06. The van der Waals surface area contributed by atoms with Gasteiger partial charge in [0.2, 0.25) is 5.91 Å². The summed E-state index contributed by atoms with van der Waals surface area (Å²) in [5.41, 5.74) is 5.97. The standard InChI is InChI=1S/C23H23N3O2/c1-3-19-23(26-21(27)13-15-7-5-4-6-8-15)25-20-12-9-16-14-17(28-2)10-11-18(16)22(20)24-19/h4-8,10-11,14H,3,9,12-13H2,1-2H3,(H,25,26,27). The van der Waals surface area contributed by atoms with Crippen molar-refractivity contribution in [2.24, 2.45) is 0 Å². The summed E-state index contributed by atoms with van der Waals surface area (Å²) in [4.78, 5) is 22.1. The van der Waals surface area contributed by atoms with E-state index < -0.39 is 0 Å². The van der Waals surface area contributed by atoms with Crippen LogP contribution in [-0.4, -0.2) is 23.0 Å². The predicted octanol–water partition coefficient (Wildman–Crippen LogP) is 3.99. The molecule has 5 nitrogen and oxygen atoms in total. The van der Waals surface area contributed by atoms with E-state index in [-0.39, 0.29) is 5.91 Å². The minimum Gasteiger partial charge on any atom is -0.497 e. The zero-order chi connectivity index (χ0) is 19.5. The topological polar surface area (TPSA) is 64.1 Å². The van der Waals surface area contributed by atoms with Gasteiger partial charge in [0.25, 0.3) is 0 Å². The molecular formula is C23H23N3O2. The zero-order valence-electron chi connectivity index (χ0n) is 16.2. The number of methoxy groups -OCH3 is 1. The molecule has 1 N–H and O–H groups in total. The summed E-state index contributed by atoms with van der Waals surface area (Å²) in [5, 5.41) is 2.97. The fraction of sp³-hybridized carbons (Fsp3) is 0.261. The van der Waals surface area contributed by atoms with Crippen LogP contribution in [0.5, 0.6) is 5.75 Å². The molecule has 0 fully saturated rings. The van der Waals surface area contributed by atoms with Gasteiger partial charge in [-0.3, -0.25) is 4.79 Å². The first-order chi connectivity index (χ1) is 13.7. The lowest BCUT2D eigenvalue weighted by molar-refractivity contribution is -0.115. The molecule has 0 saturated carbocycles. The third-order valence-corrected chi connectivity index (χ3v) is 5.04. The van der Waals surface area contributed by atoms with Crippen molar-refractivity contribution < 1.29 is 9.53 Å². The number of hydrogen-bond donors (Lipinski definition) is 1. The van der Waals surface area contributed by atoms with Gasteiger partial charge in [0.15, 0.2) is 5.82 Å². The van der Waals surface area contributed by atoms with Crippen LogP contribution in [0.15, 0.2) is 48.5 Å². The maximum atomic E-state index is 12.5. The molecule has 0 bridgehead atoms. The molecule has 3 aromatic rings. The van der Waals surface area contributed by atoms with E-state index >= 15 is 0 Å². The number of carbonyl (C=O) groups excluding carboxylic acids is 1. The summed E-state index contributed by atoms with van der Waals surface area (Å²) in [5.74, 6) is 1.37. The molecular weight excluding hydrogens is 350 g/mol. The zero-order valence-corrected chi connectivity index (χ0v) is 16.2. The number of carbonyl (C=O) groups is 1. The molecule has 2 aromatic carbocycles. The molecule has 1 heterocycles. The van der Waals surface area contributed by atoms with Gasteiger partial charge >= 0.3 is 0 Å². The number of ether oxygens (including phenoxy) is 1. The Bertz CT molecular complexity index is 1020.